The number of carbonyl (C=O) groups excluding carboxylic acids is 1. The number of benzene rings is 3. The van der Waals surface area contributed by atoms with E-state index in [0.29, 0.717) is 22.6 Å². The van der Waals surface area contributed by atoms with Gasteiger partial charge in [-0.05, 0) is 55.0 Å². The molecule has 0 saturated carbocycles. The third-order valence-electron chi connectivity index (χ3n) is 10.7. The fourth-order valence-electron chi connectivity index (χ4n) is 8.08. The average molecular weight is 669 g/mol. The van der Waals surface area contributed by atoms with Crippen molar-refractivity contribution in [3.8, 4) is 23.0 Å². The van der Waals surface area contributed by atoms with E-state index in [1.165, 1.54) is 103 Å². The maximum absolute atomic E-state index is 13.5. The van der Waals surface area contributed by atoms with Gasteiger partial charge < -0.3 is 19.7 Å². The van der Waals surface area contributed by atoms with Gasteiger partial charge >= 0.3 is 5.97 Å². The van der Waals surface area contributed by atoms with E-state index >= 15 is 0 Å². The zero-order valence-electron chi connectivity index (χ0n) is 30.3. The highest BCUT2D eigenvalue weighted by Crippen LogP contribution is 2.59. The number of phenols is 2. The molecule has 3 aromatic rings. The van der Waals surface area contributed by atoms with E-state index in [0.717, 1.165) is 60.8 Å². The van der Waals surface area contributed by atoms with Gasteiger partial charge in [-0.3, -0.25) is 0 Å². The van der Waals surface area contributed by atoms with Crippen LogP contribution in [0.2, 0.25) is 0 Å². The number of esters is 1. The molecule has 5 heteroatoms. The van der Waals surface area contributed by atoms with Gasteiger partial charge in [0, 0.05) is 23.3 Å². The Hall–Kier alpha value is -3.47. The van der Waals surface area contributed by atoms with Crippen molar-refractivity contribution >= 4 is 5.97 Å². The van der Waals surface area contributed by atoms with Crippen molar-refractivity contribution < 1.29 is 24.5 Å². The Kier molecular flexibility index (Phi) is 13.9. The van der Waals surface area contributed by atoms with Gasteiger partial charge in [0.05, 0.1) is 11.1 Å². The lowest BCUT2D eigenvalue weighted by Gasteiger charge is -2.39. The fraction of sp³-hybridized carbons (Fsp3) is 0.568. The van der Waals surface area contributed by atoms with Crippen molar-refractivity contribution in [1.82, 2.24) is 0 Å². The number of ether oxygens (including phenoxy) is 2. The van der Waals surface area contributed by atoms with Crippen molar-refractivity contribution in [3.05, 3.63) is 81.9 Å². The quantitative estimate of drug-likeness (QED) is 0.0823. The smallest absolute Gasteiger partial charge is 0.340 e. The molecule has 0 aliphatic carbocycles. The van der Waals surface area contributed by atoms with E-state index in [2.05, 4.69) is 13.8 Å². The zero-order valence-corrected chi connectivity index (χ0v) is 30.3. The van der Waals surface area contributed by atoms with E-state index in [1.54, 1.807) is 18.2 Å². The van der Waals surface area contributed by atoms with E-state index in [9.17, 15) is 15.0 Å². The van der Waals surface area contributed by atoms with E-state index in [1.807, 2.05) is 30.3 Å². The number of fused-ring (bicyclic) bond motifs is 6. The molecule has 0 aromatic heterocycles. The predicted molar refractivity (Wildman–Crippen MR) is 199 cm³/mol. The Labute approximate surface area is 295 Å². The maximum Gasteiger partial charge on any atom is 0.340 e. The van der Waals surface area contributed by atoms with Crippen LogP contribution in [0.4, 0.5) is 0 Å². The van der Waals surface area contributed by atoms with Crippen LogP contribution in [0.5, 0.6) is 23.0 Å². The van der Waals surface area contributed by atoms with Crippen LogP contribution in [0.15, 0.2) is 48.5 Å². The number of phenolic OH excluding ortho intramolecular Hbond substituents is 2. The molecule has 2 aliphatic heterocycles. The van der Waals surface area contributed by atoms with Gasteiger partial charge in [-0.2, -0.15) is 0 Å². The first-order chi connectivity index (χ1) is 24.0. The Morgan fingerprint density at radius 3 is 1.69 bits per heavy atom. The number of hydrogen-bond donors (Lipinski definition) is 2. The summed E-state index contributed by atoms with van der Waals surface area (Å²) in [6, 6.07) is 14.4. The number of aromatic hydroxyl groups is 2. The molecule has 0 fully saturated rings. The highest BCUT2D eigenvalue weighted by Gasteiger charge is 2.55. The second kappa shape index (κ2) is 18.5. The van der Waals surface area contributed by atoms with Crippen LogP contribution >= 0.6 is 0 Å². The minimum Gasteiger partial charge on any atom is -0.508 e. The fourth-order valence-corrected chi connectivity index (χ4v) is 8.08. The summed E-state index contributed by atoms with van der Waals surface area (Å²) < 4.78 is 13.0. The van der Waals surface area contributed by atoms with Crippen molar-refractivity contribution in [2.45, 2.75) is 161 Å². The van der Waals surface area contributed by atoms with Crippen LogP contribution in [0, 0.1) is 0 Å². The zero-order chi connectivity index (χ0) is 34.5. The number of hydrogen-bond acceptors (Lipinski definition) is 5. The molecule has 1 unspecified atom stereocenters. The Bertz CT molecular complexity index is 1510. The van der Waals surface area contributed by atoms with Crippen LogP contribution in [-0.2, 0) is 23.2 Å². The minimum absolute atomic E-state index is 0.0716. The molecule has 0 saturated heterocycles. The van der Waals surface area contributed by atoms with Crippen molar-refractivity contribution in [2.24, 2.45) is 0 Å². The summed E-state index contributed by atoms with van der Waals surface area (Å²) in [5, 5.41) is 22.0. The van der Waals surface area contributed by atoms with Crippen LogP contribution in [-0.4, -0.2) is 16.2 Å². The molecule has 3 aromatic carbocycles. The Balaban J connectivity index is 1.39. The van der Waals surface area contributed by atoms with Gasteiger partial charge in [0.1, 0.15) is 23.0 Å². The summed E-state index contributed by atoms with van der Waals surface area (Å²) in [5.74, 6) is 0.880. The summed E-state index contributed by atoms with van der Waals surface area (Å²) in [5.41, 5.74) is 3.67. The molecule has 266 valence electrons. The van der Waals surface area contributed by atoms with Gasteiger partial charge in [0.15, 0.2) is 5.60 Å². The highest BCUT2D eigenvalue weighted by atomic mass is 16.6. The molecule has 2 heterocycles. The largest absolute Gasteiger partial charge is 0.508 e. The first-order valence-corrected chi connectivity index (χ1v) is 19.7. The van der Waals surface area contributed by atoms with Gasteiger partial charge in [0.2, 0.25) is 0 Å². The predicted octanol–water partition coefficient (Wildman–Crippen LogP) is 12.6. The Morgan fingerprint density at radius 2 is 1.10 bits per heavy atom. The molecular weight excluding hydrogens is 608 g/mol. The van der Waals surface area contributed by atoms with Gasteiger partial charge in [0.25, 0.3) is 0 Å². The van der Waals surface area contributed by atoms with Gasteiger partial charge in [-0.1, -0.05) is 148 Å². The third-order valence-corrected chi connectivity index (χ3v) is 10.7. The summed E-state index contributed by atoms with van der Waals surface area (Å²) in [6.07, 6.45) is 26.6. The van der Waals surface area contributed by atoms with E-state index in [4.69, 9.17) is 9.47 Å². The lowest BCUT2D eigenvalue weighted by Crippen LogP contribution is -2.34. The van der Waals surface area contributed by atoms with Crippen LogP contribution in [0.1, 0.15) is 180 Å². The SMILES string of the molecule is CCCCCCCCCCCCc1c(O)cc2c(c1CCCCCCCCCCCC)C1(OC(=O)c3ccccc31)c1ccc(O)cc1O2. The molecule has 49 heavy (non-hydrogen) atoms. The van der Waals surface area contributed by atoms with Crippen LogP contribution < -0.4 is 4.74 Å². The average Bonchev–Trinajstić information content (AvgIpc) is 3.38. The molecule has 2 aliphatic rings. The normalized spacial score (nSPS) is 15.9. The number of rotatable bonds is 22. The first-order valence-electron chi connectivity index (χ1n) is 19.7. The summed E-state index contributed by atoms with van der Waals surface area (Å²) in [4.78, 5) is 13.5. The molecule has 0 amide bonds. The van der Waals surface area contributed by atoms with Crippen molar-refractivity contribution in [1.29, 1.82) is 0 Å². The molecule has 2 N–H and O–H groups in total. The monoisotopic (exact) mass is 668 g/mol. The van der Waals surface area contributed by atoms with Crippen LogP contribution in [0.25, 0.3) is 0 Å². The molecule has 5 rings (SSSR count). The lowest BCUT2D eigenvalue weighted by atomic mass is 9.73. The van der Waals surface area contributed by atoms with E-state index in [-0.39, 0.29) is 17.5 Å². The second-order valence-electron chi connectivity index (χ2n) is 14.5. The molecule has 5 nitrogen and oxygen atoms in total. The topological polar surface area (TPSA) is 76.0 Å². The van der Waals surface area contributed by atoms with Crippen molar-refractivity contribution in [3.63, 3.8) is 0 Å². The summed E-state index contributed by atoms with van der Waals surface area (Å²) in [6.45, 7) is 4.53. The van der Waals surface area contributed by atoms with Gasteiger partial charge in [-0.15, -0.1) is 0 Å². The van der Waals surface area contributed by atoms with Gasteiger partial charge in [-0.25, -0.2) is 4.79 Å². The highest BCUT2D eigenvalue weighted by molar-refractivity contribution is 5.97. The second-order valence-corrected chi connectivity index (χ2v) is 14.5. The lowest BCUT2D eigenvalue weighted by molar-refractivity contribution is 0.0221. The first kappa shape index (κ1) is 36.8. The standard InChI is InChI=1S/C44H60O5/c1-3-5-7-9-11-13-15-17-19-21-25-34-35(26-22-20-18-16-14-12-10-8-6-4-2)42-41(32-39(34)46)48-40-31-33(45)29-30-38(40)44(42)37-28-24-23-27-36(37)43(47)49-44/h23-24,27-32,45-46H,3-22,25-26H2,1-2H3. The third kappa shape index (κ3) is 8.83. The summed E-state index contributed by atoms with van der Waals surface area (Å²) in [7, 11) is 0. The summed E-state index contributed by atoms with van der Waals surface area (Å²) >= 11 is 0. The molecular formula is C44H60O5. The van der Waals surface area contributed by atoms with Crippen molar-refractivity contribution in [2.75, 3.05) is 0 Å². The number of carbonyl (C=O) groups is 1. The minimum atomic E-state index is -1.21. The van der Waals surface area contributed by atoms with E-state index < -0.39 is 5.60 Å². The molecule has 1 spiro atoms. The number of unbranched alkanes of at least 4 members (excludes halogenated alkanes) is 18. The maximum atomic E-state index is 13.5. The van der Waals surface area contributed by atoms with Crippen LogP contribution in [0.3, 0.4) is 0 Å². The molecule has 1 atom stereocenters. The molecule has 0 bridgehead atoms. The Morgan fingerprint density at radius 1 is 0.571 bits per heavy atom. The molecule has 0 radical (unpaired) electrons.